The molecule has 0 spiro atoms. The molecule has 15 heteroatoms. The lowest BCUT2D eigenvalue weighted by atomic mass is 10.0. The first-order valence-electron chi connectivity index (χ1n) is 20.4. The van der Waals surface area contributed by atoms with Crippen LogP contribution >= 0.6 is 11.3 Å². The summed E-state index contributed by atoms with van der Waals surface area (Å²) in [6.45, 7) is 6.07. The summed E-state index contributed by atoms with van der Waals surface area (Å²) in [7, 11) is 1.59. The zero-order valence-electron chi connectivity index (χ0n) is 33.2. The third-order valence-corrected chi connectivity index (χ3v) is 12.0. The van der Waals surface area contributed by atoms with Crippen molar-refractivity contribution in [3.8, 4) is 22.9 Å². The van der Waals surface area contributed by atoms with E-state index in [0.717, 1.165) is 55.5 Å². The summed E-state index contributed by atoms with van der Waals surface area (Å²) in [5.74, 6) is -0.444. The van der Waals surface area contributed by atoms with Gasteiger partial charge in [-0.05, 0) is 84.3 Å². The number of hydrogen-bond donors (Lipinski definition) is 3. The van der Waals surface area contributed by atoms with E-state index in [4.69, 9.17) is 28.9 Å². The Balaban J connectivity index is 1.21. The molecule has 0 bridgehead atoms. The number of amides is 3. The summed E-state index contributed by atoms with van der Waals surface area (Å²) >= 11 is 1.48. The highest BCUT2D eigenvalue weighted by molar-refractivity contribution is 7.14. The number of anilines is 1. The van der Waals surface area contributed by atoms with E-state index >= 15 is 0 Å². The minimum Gasteiger partial charge on any atom is -0.497 e. The second-order valence-corrected chi connectivity index (χ2v) is 16.6. The SMILES string of the molecule is CCOC(=O)[C@@]12C[C@H]1/C=C\CCCCC[C@H](NC(=O)OC1CCCC1)C(=O)N1C[C@H](Oc3cc(-c4csc(NC(C)C)n4)nc4cc(OC)ccc34)C[C@H]1C(=O)N2. The van der Waals surface area contributed by atoms with Crippen molar-refractivity contribution in [2.24, 2.45) is 5.92 Å². The molecule has 3 amide bonds. The van der Waals surface area contributed by atoms with Gasteiger partial charge in [-0.1, -0.05) is 25.0 Å². The lowest BCUT2D eigenvalue weighted by Gasteiger charge is -2.29. The average Bonchev–Trinajstić information content (AvgIpc) is 3.62. The number of carbonyl (C=O) groups is 4. The fourth-order valence-corrected chi connectivity index (χ4v) is 8.99. The highest BCUT2D eigenvalue weighted by Gasteiger charge is 2.62. The number of thiazole rings is 1. The fraction of sp³-hybridized carbons (Fsp3) is 0.571. The predicted molar refractivity (Wildman–Crippen MR) is 216 cm³/mol. The van der Waals surface area contributed by atoms with Gasteiger partial charge < -0.3 is 39.8 Å². The Labute approximate surface area is 337 Å². The van der Waals surface area contributed by atoms with Gasteiger partial charge in [0.15, 0.2) is 5.13 Å². The van der Waals surface area contributed by atoms with Crippen LogP contribution in [0, 0.1) is 5.92 Å². The van der Waals surface area contributed by atoms with Crippen LogP contribution in [0.3, 0.4) is 0 Å². The van der Waals surface area contributed by atoms with Crippen LogP contribution in [0.15, 0.2) is 41.8 Å². The molecule has 306 valence electrons. The molecule has 5 atom stereocenters. The summed E-state index contributed by atoms with van der Waals surface area (Å²) in [6, 6.07) is 5.66. The van der Waals surface area contributed by atoms with E-state index in [1.165, 1.54) is 16.2 Å². The molecular weight excluding hydrogens is 749 g/mol. The largest absolute Gasteiger partial charge is 0.497 e. The number of pyridine rings is 1. The molecule has 2 aromatic heterocycles. The van der Waals surface area contributed by atoms with Gasteiger partial charge >= 0.3 is 12.1 Å². The number of allylic oxidation sites excluding steroid dienone is 1. The van der Waals surface area contributed by atoms with Gasteiger partial charge in [-0.15, -0.1) is 11.3 Å². The van der Waals surface area contributed by atoms with Crippen molar-refractivity contribution in [3.05, 3.63) is 41.8 Å². The summed E-state index contributed by atoms with van der Waals surface area (Å²) in [6.07, 6.45) is 10.3. The molecule has 0 unspecified atom stereocenters. The third-order valence-electron chi connectivity index (χ3n) is 11.2. The minimum atomic E-state index is -1.22. The van der Waals surface area contributed by atoms with Gasteiger partial charge in [0.1, 0.15) is 47.0 Å². The maximum Gasteiger partial charge on any atom is 0.408 e. The molecule has 2 aliphatic heterocycles. The predicted octanol–water partition coefficient (Wildman–Crippen LogP) is 6.53. The first-order valence-corrected chi connectivity index (χ1v) is 21.3. The number of rotatable bonds is 10. The van der Waals surface area contributed by atoms with Crippen LogP contribution in [0.2, 0.25) is 0 Å². The molecule has 14 nitrogen and oxygen atoms in total. The third kappa shape index (κ3) is 9.29. The molecule has 57 heavy (non-hydrogen) atoms. The Morgan fingerprint density at radius 1 is 1.04 bits per heavy atom. The van der Waals surface area contributed by atoms with Crippen LogP contribution in [-0.4, -0.2) is 94.9 Å². The number of hydrogen-bond acceptors (Lipinski definition) is 12. The molecule has 4 heterocycles. The minimum absolute atomic E-state index is 0.0664. The number of alkyl carbamates (subject to hydrolysis) is 1. The van der Waals surface area contributed by atoms with Crippen LogP contribution < -0.4 is 25.4 Å². The van der Waals surface area contributed by atoms with Gasteiger partial charge in [-0.25, -0.2) is 19.6 Å². The Morgan fingerprint density at radius 3 is 2.61 bits per heavy atom. The quantitative estimate of drug-likeness (QED) is 0.150. The van der Waals surface area contributed by atoms with E-state index in [0.29, 0.717) is 47.7 Å². The van der Waals surface area contributed by atoms with E-state index in [1.807, 2.05) is 49.6 Å². The van der Waals surface area contributed by atoms with E-state index < -0.39 is 47.6 Å². The summed E-state index contributed by atoms with van der Waals surface area (Å²) in [5, 5.41) is 12.7. The summed E-state index contributed by atoms with van der Waals surface area (Å²) in [5.41, 5.74) is 0.674. The number of carbonyl (C=O) groups excluding carboxylic acids is 4. The van der Waals surface area contributed by atoms with Gasteiger partial charge in [-0.2, -0.15) is 0 Å². The van der Waals surface area contributed by atoms with Crippen LogP contribution in [0.25, 0.3) is 22.3 Å². The first-order chi connectivity index (χ1) is 27.6. The molecule has 3 N–H and O–H groups in total. The van der Waals surface area contributed by atoms with Crippen molar-refractivity contribution in [1.82, 2.24) is 25.5 Å². The van der Waals surface area contributed by atoms with E-state index in [9.17, 15) is 19.2 Å². The van der Waals surface area contributed by atoms with Gasteiger partial charge in [0.2, 0.25) is 11.8 Å². The number of ether oxygens (including phenoxy) is 4. The van der Waals surface area contributed by atoms with Crippen LogP contribution in [0.5, 0.6) is 11.5 Å². The number of esters is 1. The van der Waals surface area contributed by atoms with Crippen LogP contribution in [0.1, 0.15) is 91.4 Å². The maximum absolute atomic E-state index is 14.7. The number of methoxy groups -OCH3 is 1. The van der Waals surface area contributed by atoms with E-state index in [1.54, 1.807) is 14.0 Å². The van der Waals surface area contributed by atoms with E-state index in [-0.39, 0.29) is 37.6 Å². The summed E-state index contributed by atoms with van der Waals surface area (Å²) < 4.78 is 23.5. The second-order valence-electron chi connectivity index (χ2n) is 15.8. The summed E-state index contributed by atoms with van der Waals surface area (Å²) in [4.78, 5) is 66.9. The van der Waals surface area contributed by atoms with Crippen molar-refractivity contribution in [1.29, 1.82) is 0 Å². The number of nitrogens with one attached hydrogen (secondary N) is 3. The van der Waals surface area contributed by atoms with Crippen molar-refractivity contribution < 1.29 is 38.1 Å². The van der Waals surface area contributed by atoms with Gasteiger partial charge in [0, 0.05) is 41.3 Å². The molecule has 2 saturated carbocycles. The average molecular weight is 803 g/mol. The molecule has 3 aromatic rings. The molecule has 1 aromatic carbocycles. The maximum atomic E-state index is 14.7. The number of aromatic nitrogens is 2. The van der Waals surface area contributed by atoms with Gasteiger partial charge in [0.05, 0.1) is 31.5 Å². The zero-order chi connectivity index (χ0) is 40.1. The van der Waals surface area contributed by atoms with Gasteiger partial charge in [0.25, 0.3) is 0 Å². The van der Waals surface area contributed by atoms with E-state index in [2.05, 4.69) is 22.0 Å². The normalized spacial score (nSPS) is 26.1. The molecule has 2 aliphatic carbocycles. The van der Waals surface area contributed by atoms with Crippen LogP contribution in [-0.2, 0) is 23.9 Å². The van der Waals surface area contributed by atoms with Crippen molar-refractivity contribution in [3.63, 3.8) is 0 Å². The zero-order valence-corrected chi connectivity index (χ0v) is 34.0. The highest BCUT2D eigenvalue weighted by atomic mass is 32.1. The number of benzene rings is 1. The van der Waals surface area contributed by atoms with Crippen molar-refractivity contribution >= 4 is 51.2 Å². The highest BCUT2D eigenvalue weighted by Crippen LogP contribution is 2.46. The lowest BCUT2D eigenvalue weighted by Crippen LogP contribution is -2.56. The lowest BCUT2D eigenvalue weighted by molar-refractivity contribution is -0.150. The molecule has 4 aliphatic rings. The topological polar surface area (TPSA) is 170 Å². The number of nitrogens with zero attached hydrogens (tertiary/aromatic N) is 3. The standard InChI is InChI=1S/C42H54N6O8S/c1-5-54-39(51)42-22-26(42)13-9-7-6-8-10-16-31(46-41(52)56-27-14-11-12-15-27)38(50)48-23-29(20-35(48)37(49)47-42)55-36-21-33(34-24-57-40(45-34)43-25(2)3)44-32-19-28(53-4)17-18-30(32)36/h9,13,17-19,21,24-27,29,31,35H,5-8,10-12,14-16,20,22-23H2,1-4H3,(H,43,45)(H,46,52)(H,47,49)/b13-9-/t26-,29-,31+,35+,42-/m1/s1. The Morgan fingerprint density at radius 2 is 1.84 bits per heavy atom. The molecule has 3 fully saturated rings. The number of fused-ring (bicyclic) bond motifs is 3. The molecule has 0 radical (unpaired) electrons. The second kappa shape index (κ2) is 17.7. The smallest absolute Gasteiger partial charge is 0.408 e. The Hall–Kier alpha value is -4.92. The Bertz CT molecular complexity index is 1980. The molecular formula is C42H54N6O8S. The van der Waals surface area contributed by atoms with Gasteiger partial charge in [-0.3, -0.25) is 9.59 Å². The van der Waals surface area contributed by atoms with Crippen LogP contribution in [0.4, 0.5) is 9.93 Å². The molecule has 7 rings (SSSR count). The van der Waals surface area contributed by atoms with Crippen molar-refractivity contribution in [2.75, 3.05) is 25.6 Å². The first kappa shape index (κ1) is 40.3. The van der Waals surface area contributed by atoms with Crippen molar-refractivity contribution in [2.45, 2.75) is 127 Å². The fourth-order valence-electron chi connectivity index (χ4n) is 8.14. The molecule has 1 saturated heterocycles. The Kier molecular flexibility index (Phi) is 12.5. The monoisotopic (exact) mass is 802 g/mol.